The van der Waals surface area contributed by atoms with E-state index in [9.17, 15) is 13.2 Å². The highest BCUT2D eigenvalue weighted by Crippen LogP contribution is 2.33. The topological polar surface area (TPSA) is 27.3 Å². The number of halogens is 3. The van der Waals surface area contributed by atoms with Crippen molar-refractivity contribution in [3.63, 3.8) is 0 Å². The lowest BCUT2D eigenvalue weighted by Crippen LogP contribution is -2.40. The second-order valence-electron chi connectivity index (χ2n) is 7.38. The Kier molecular flexibility index (Phi) is 7.30. The molecular weight excluding hydrogens is 419 g/mol. The SMILES string of the molecule is CN(C)[C@H](c1ccccc1)[C@H](NC(=S)Nc1ccc(C(F)(F)F)cc1)c1ccccc1. The van der Waals surface area contributed by atoms with Crippen molar-refractivity contribution < 1.29 is 13.2 Å². The van der Waals surface area contributed by atoms with Crippen molar-refractivity contribution >= 4 is 23.0 Å². The minimum Gasteiger partial charge on any atom is -0.354 e. The van der Waals surface area contributed by atoms with Crippen molar-refractivity contribution in [2.75, 3.05) is 19.4 Å². The second-order valence-corrected chi connectivity index (χ2v) is 7.79. The average molecular weight is 444 g/mol. The van der Waals surface area contributed by atoms with E-state index >= 15 is 0 Å². The van der Waals surface area contributed by atoms with Gasteiger partial charge in [-0.25, -0.2) is 0 Å². The van der Waals surface area contributed by atoms with Crippen LogP contribution in [0.25, 0.3) is 0 Å². The monoisotopic (exact) mass is 443 g/mol. The van der Waals surface area contributed by atoms with Gasteiger partial charge in [0.25, 0.3) is 0 Å². The van der Waals surface area contributed by atoms with E-state index in [1.165, 1.54) is 12.1 Å². The molecule has 0 unspecified atom stereocenters. The van der Waals surface area contributed by atoms with Crippen molar-refractivity contribution in [2.45, 2.75) is 18.3 Å². The van der Waals surface area contributed by atoms with Gasteiger partial charge in [0.15, 0.2) is 5.11 Å². The van der Waals surface area contributed by atoms with Gasteiger partial charge in [0, 0.05) is 5.69 Å². The number of nitrogens with one attached hydrogen (secondary N) is 2. The fraction of sp³-hybridized carbons (Fsp3) is 0.208. The standard InChI is InChI=1S/C24H24F3N3S/c1-30(2)22(18-11-7-4-8-12-18)21(17-9-5-3-6-10-17)29-23(31)28-20-15-13-19(14-16-20)24(25,26)27/h3-16,21-22H,1-2H3,(H2,28,29,31)/t21-,22-/m1/s1. The molecule has 0 fully saturated rings. The molecule has 2 atom stereocenters. The predicted molar refractivity (Wildman–Crippen MR) is 123 cm³/mol. The van der Waals surface area contributed by atoms with Crippen LogP contribution in [0.15, 0.2) is 84.9 Å². The molecule has 0 radical (unpaired) electrons. The molecule has 0 saturated heterocycles. The van der Waals surface area contributed by atoms with Crippen LogP contribution in [0.5, 0.6) is 0 Å². The quantitative estimate of drug-likeness (QED) is 0.455. The fourth-order valence-corrected chi connectivity index (χ4v) is 3.74. The number of likely N-dealkylation sites (N-methyl/N-ethyl adjacent to an activating group) is 1. The van der Waals surface area contributed by atoms with Crippen LogP contribution in [0.3, 0.4) is 0 Å². The minimum atomic E-state index is -4.37. The summed E-state index contributed by atoms with van der Waals surface area (Å²) < 4.78 is 38.4. The first-order chi connectivity index (χ1) is 14.8. The summed E-state index contributed by atoms with van der Waals surface area (Å²) in [5, 5.41) is 6.69. The van der Waals surface area contributed by atoms with E-state index < -0.39 is 11.7 Å². The molecule has 0 aliphatic rings. The van der Waals surface area contributed by atoms with Crippen molar-refractivity contribution in [1.82, 2.24) is 10.2 Å². The average Bonchev–Trinajstić information content (AvgIpc) is 2.74. The first kappa shape index (κ1) is 22.8. The maximum absolute atomic E-state index is 12.8. The molecule has 2 N–H and O–H groups in total. The molecule has 7 heteroatoms. The van der Waals surface area contributed by atoms with Crippen LogP contribution < -0.4 is 10.6 Å². The molecule has 0 amide bonds. The van der Waals surface area contributed by atoms with Gasteiger partial charge in [0.1, 0.15) is 0 Å². The van der Waals surface area contributed by atoms with Crippen molar-refractivity contribution in [3.05, 3.63) is 102 Å². The van der Waals surface area contributed by atoms with Crippen molar-refractivity contribution in [2.24, 2.45) is 0 Å². The second kappa shape index (κ2) is 9.94. The van der Waals surface area contributed by atoms with Crippen LogP contribution in [0.1, 0.15) is 28.8 Å². The smallest absolute Gasteiger partial charge is 0.354 e. The summed E-state index contributed by atoms with van der Waals surface area (Å²) in [5.74, 6) is 0. The molecule has 0 bridgehead atoms. The van der Waals surface area contributed by atoms with Gasteiger partial charge in [-0.3, -0.25) is 0 Å². The molecule has 3 aromatic carbocycles. The third-order valence-electron chi connectivity index (χ3n) is 4.93. The molecule has 0 spiro atoms. The molecule has 0 aliphatic carbocycles. The Morgan fingerprint density at radius 2 is 1.32 bits per heavy atom. The summed E-state index contributed by atoms with van der Waals surface area (Å²) in [5.41, 5.74) is 1.95. The lowest BCUT2D eigenvalue weighted by Gasteiger charge is -2.34. The first-order valence-electron chi connectivity index (χ1n) is 9.77. The van der Waals surface area contributed by atoms with E-state index in [0.29, 0.717) is 10.8 Å². The Bertz CT molecular complexity index is 974. The number of hydrogen-bond donors (Lipinski definition) is 2. The molecule has 0 heterocycles. The van der Waals surface area contributed by atoms with Crippen LogP contribution in [0.4, 0.5) is 18.9 Å². The molecular formula is C24H24F3N3S. The molecule has 3 nitrogen and oxygen atoms in total. The Morgan fingerprint density at radius 1 is 0.806 bits per heavy atom. The van der Waals surface area contributed by atoms with E-state index in [-0.39, 0.29) is 12.1 Å². The zero-order chi connectivity index (χ0) is 22.4. The van der Waals surface area contributed by atoms with Gasteiger partial charge in [-0.2, -0.15) is 13.2 Å². The van der Waals surface area contributed by atoms with Gasteiger partial charge in [-0.05, 0) is 61.7 Å². The lowest BCUT2D eigenvalue weighted by molar-refractivity contribution is -0.137. The van der Waals surface area contributed by atoms with Crippen LogP contribution in [0.2, 0.25) is 0 Å². The highest BCUT2D eigenvalue weighted by atomic mass is 32.1. The number of alkyl halides is 3. The zero-order valence-corrected chi connectivity index (χ0v) is 18.0. The molecule has 162 valence electrons. The summed E-state index contributed by atoms with van der Waals surface area (Å²) in [6.45, 7) is 0. The Labute approximate surface area is 185 Å². The highest BCUT2D eigenvalue weighted by Gasteiger charge is 2.30. The maximum Gasteiger partial charge on any atom is 0.416 e. The summed E-state index contributed by atoms with van der Waals surface area (Å²) in [6.07, 6.45) is -4.37. The molecule has 3 rings (SSSR count). The number of thiocarbonyl (C=S) groups is 1. The molecule has 0 aliphatic heterocycles. The minimum absolute atomic E-state index is 0.0315. The summed E-state index contributed by atoms with van der Waals surface area (Å²) in [6, 6.07) is 24.6. The van der Waals surface area contributed by atoms with E-state index in [4.69, 9.17) is 12.2 Å². The lowest BCUT2D eigenvalue weighted by atomic mass is 9.92. The molecule has 0 saturated carbocycles. The molecule has 0 aromatic heterocycles. The summed E-state index contributed by atoms with van der Waals surface area (Å²) >= 11 is 5.51. The Balaban J connectivity index is 1.84. The van der Waals surface area contributed by atoms with Crippen molar-refractivity contribution in [3.8, 4) is 0 Å². The van der Waals surface area contributed by atoms with Gasteiger partial charge < -0.3 is 15.5 Å². The summed E-state index contributed by atoms with van der Waals surface area (Å²) in [4.78, 5) is 2.11. The number of hydrogen-bond acceptors (Lipinski definition) is 2. The van der Waals surface area contributed by atoms with Crippen LogP contribution in [-0.2, 0) is 6.18 Å². The largest absolute Gasteiger partial charge is 0.416 e. The normalized spacial score (nSPS) is 13.5. The van der Waals surface area contributed by atoms with E-state index in [0.717, 1.165) is 23.3 Å². The number of rotatable bonds is 6. The Morgan fingerprint density at radius 3 is 1.81 bits per heavy atom. The summed E-state index contributed by atoms with van der Waals surface area (Å²) in [7, 11) is 4.00. The van der Waals surface area contributed by atoms with E-state index in [1.807, 2.05) is 62.6 Å². The molecule has 3 aromatic rings. The van der Waals surface area contributed by atoms with Crippen LogP contribution >= 0.6 is 12.2 Å². The Hall–Kier alpha value is -2.90. The van der Waals surface area contributed by atoms with Gasteiger partial charge in [0.05, 0.1) is 17.6 Å². The number of benzene rings is 3. The van der Waals surface area contributed by atoms with Gasteiger partial charge in [0.2, 0.25) is 0 Å². The van der Waals surface area contributed by atoms with Gasteiger partial charge in [-0.1, -0.05) is 60.7 Å². The first-order valence-corrected chi connectivity index (χ1v) is 10.2. The van der Waals surface area contributed by atoms with Crippen LogP contribution in [0, 0.1) is 0 Å². The highest BCUT2D eigenvalue weighted by molar-refractivity contribution is 7.80. The maximum atomic E-state index is 12.8. The fourth-order valence-electron chi connectivity index (χ4n) is 3.49. The third kappa shape index (κ3) is 6.06. The van der Waals surface area contributed by atoms with Gasteiger partial charge in [-0.15, -0.1) is 0 Å². The predicted octanol–water partition coefficient (Wildman–Crippen LogP) is 6.04. The zero-order valence-electron chi connectivity index (χ0n) is 17.2. The third-order valence-corrected chi connectivity index (χ3v) is 5.15. The van der Waals surface area contributed by atoms with Crippen molar-refractivity contribution in [1.29, 1.82) is 0 Å². The number of nitrogens with zero attached hydrogens (tertiary/aromatic N) is 1. The van der Waals surface area contributed by atoms with E-state index in [2.05, 4.69) is 27.7 Å². The number of anilines is 1. The van der Waals surface area contributed by atoms with E-state index in [1.54, 1.807) is 0 Å². The van der Waals surface area contributed by atoms with Crippen LogP contribution in [-0.4, -0.2) is 24.1 Å². The molecule has 31 heavy (non-hydrogen) atoms. The van der Waals surface area contributed by atoms with Gasteiger partial charge >= 0.3 is 6.18 Å².